The second-order valence-electron chi connectivity index (χ2n) is 13.5. The van der Waals surface area contributed by atoms with Gasteiger partial charge in [-0.15, -0.1) is 0 Å². The fraction of sp³-hybridized carbons (Fsp3) is 0.585. The van der Waals surface area contributed by atoms with Crippen molar-refractivity contribution in [1.29, 1.82) is 0 Å². The first kappa shape index (κ1) is 42.8. The van der Waals surface area contributed by atoms with Crippen LogP contribution in [0.5, 0.6) is 23.0 Å². The minimum Gasteiger partial charge on any atom is -0.507 e. The SMILES string of the molecule is CCCCCCCCCCOC(=O)C(C)Oc1ccc(-c2nc(N)nc(-c3ccc(OC(C)C(=O)OCCCCCCCCCC)cc3O)n2)c(O)c1. The highest BCUT2D eigenvalue weighted by molar-refractivity contribution is 5.76. The van der Waals surface area contributed by atoms with E-state index in [0.717, 1.165) is 38.5 Å². The number of rotatable bonds is 26. The molecule has 2 unspecified atom stereocenters. The summed E-state index contributed by atoms with van der Waals surface area (Å²) in [6.45, 7) is 8.27. The molecule has 1 heterocycles. The number of ether oxygens (including phenoxy) is 4. The van der Waals surface area contributed by atoms with E-state index < -0.39 is 24.1 Å². The van der Waals surface area contributed by atoms with E-state index >= 15 is 0 Å². The maximum Gasteiger partial charge on any atom is 0.347 e. The van der Waals surface area contributed by atoms with Crippen molar-refractivity contribution in [2.75, 3.05) is 18.9 Å². The fourth-order valence-electron chi connectivity index (χ4n) is 5.74. The highest BCUT2D eigenvalue weighted by atomic mass is 16.6. The van der Waals surface area contributed by atoms with Crippen LogP contribution in [-0.2, 0) is 19.1 Å². The molecule has 0 aliphatic rings. The van der Waals surface area contributed by atoms with Gasteiger partial charge < -0.3 is 34.9 Å². The predicted octanol–water partition coefficient (Wildman–Crippen LogP) is 9.10. The zero-order chi connectivity index (χ0) is 38.4. The van der Waals surface area contributed by atoms with E-state index in [-0.39, 0.29) is 51.7 Å². The zero-order valence-electron chi connectivity index (χ0n) is 32.1. The van der Waals surface area contributed by atoms with Gasteiger partial charge in [-0.3, -0.25) is 0 Å². The van der Waals surface area contributed by atoms with Crippen molar-refractivity contribution in [3.05, 3.63) is 36.4 Å². The number of unbranched alkanes of at least 4 members (excludes halogenated alkanes) is 14. The molecule has 0 bridgehead atoms. The molecule has 3 aromatic rings. The molecule has 12 heteroatoms. The molecule has 0 aliphatic carbocycles. The highest BCUT2D eigenvalue weighted by Crippen LogP contribution is 2.35. The number of phenols is 2. The quantitative estimate of drug-likeness (QED) is 0.0527. The number of hydrogen-bond donors (Lipinski definition) is 3. The summed E-state index contributed by atoms with van der Waals surface area (Å²) in [6.07, 6.45) is 16.6. The molecule has 1 aromatic heterocycles. The van der Waals surface area contributed by atoms with Crippen LogP contribution in [0.15, 0.2) is 36.4 Å². The Morgan fingerprint density at radius 1 is 0.585 bits per heavy atom. The second-order valence-corrected chi connectivity index (χ2v) is 13.5. The lowest BCUT2D eigenvalue weighted by Crippen LogP contribution is -2.26. The summed E-state index contributed by atoms with van der Waals surface area (Å²) in [4.78, 5) is 37.7. The van der Waals surface area contributed by atoms with E-state index in [1.165, 1.54) is 88.5 Å². The van der Waals surface area contributed by atoms with Gasteiger partial charge in [0, 0.05) is 12.1 Å². The Hall–Kier alpha value is -4.61. The molecule has 0 saturated heterocycles. The van der Waals surface area contributed by atoms with Crippen LogP contribution in [0.1, 0.15) is 130 Å². The van der Waals surface area contributed by atoms with Crippen molar-refractivity contribution in [2.45, 2.75) is 143 Å². The molecular formula is C41H60N4O8. The van der Waals surface area contributed by atoms with Gasteiger partial charge in [-0.25, -0.2) is 14.6 Å². The molecule has 4 N–H and O–H groups in total. The average molecular weight is 737 g/mol. The second kappa shape index (κ2) is 23.9. The monoisotopic (exact) mass is 736 g/mol. The molecule has 0 radical (unpaired) electrons. The molecular weight excluding hydrogens is 676 g/mol. The molecule has 0 aliphatic heterocycles. The van der Waals surface area contributed by atoms with Gasteiger partial charge >= 0.3 is 11.9 Å². The third-order valence-electron chi connectivity index (χ3n) is 8.85. The van der Waals surface area contributed by atoms with Crippen LogP contribution in [0, 0.1) is 0 Å². The summed E-state index contributed by atoms with van der Waals surface area (Å²) in [7, 11) is 0. The molecule has 292 valence electrons. The molecule has 12 nitrogen and oxygen atoms in total. The van der Waals surface area contributed by atoms with Crippen LogP contribution in [0.4, 0.5) is 5.95 Å². The van der Waals surface area contributed by atoms with Crippen molar-refractivity contribution in [3.8, 4) is 45.8 Å². The van der Waals surface area contributed by atoms with Crippen LogP contribution in [-0.4, -0.2) is 62.5 Å². The van der Waals surface area contributed by atoms with E-state index in [4.69, 9.17) is 24.7 Å². The number of hydrogen-bond acceptors (Lipinski definition) is 12. The Morgan fingerprint density at radius 2 is 0.943 bits per heavy atom. The van der Waals surface area contributed by atoms with E-state index in [9.17, 15) is 19.8 Å². The summed E-state index contributed by atoms with van der Waals surface area (Å²) in [6, 6.07) is 8.91. The molecule has 0 spiro atoms. The maximum atomic E-state index is 12.5. The lowest BCUT2D eigenvalue weighted by atomic mass is 10.1. The van der Waals surface area contributed by atoms with Gasteiger partial charge in [0.2, 0.25) is 5.95 Å². The van der Waals surface area contributed by atoms with E-state index in [1.807, 2.05) is 0 Å². The number of carbonyl (C=O) groups excluding carboxylic acids is 2. The van der Waals surface area contributed by atoms with E-state index in [0.29, 0.717) is 13.2 Å². The topological polar surface area (TPSA) is 176 Å². The number of benzene rings is 2. The number of esters is 2. The highest BCUT2D eigenvalue weighted by Gasteiger charge is 2.21. The van der Waals surface area contributed by atoms with Crippen molar-refractivity contribution < 1.29 is 38.7 Å². The number of carbonyl (C=O) groups is 2. The smallest absolute Gasteiger partial charge is 0.347 e. The molecule has 3 rings (SSSR count). The normalized spacial score (nSPS) is 12.2. The van der Waals surface area contributed by atoms with E-state index in [1.54, 1.807) is 26.0 Å². The van der Waals surface area contributed by atoms with Crippen LogP contribution >= 0.6 is 0 Å². The third-order valence-corrected chi connectivity index (χ3v) is 8.85. The standard InChI is InChI=1S/C41H60N4O8/c1-5-7-9-11-13-15-17-19-25-50-39(48)29(3)52-31-21-23-33(35(46)27-31)37-43-38(45-41(42)44-37)34-24-22-32(28-36(34)47)53-30(4)40(49)51-26-20-18-16-14-12-10-8-6-2/h21-24,27-30,46-47H,5-20,25-26H2,1-4H3,(H2,42,43,44,45). The Morgan fingerprint density at radius 3 is 1.30 bits per heavy atom. The lowest BCUT2D eigenvalue weighted by Gasteiger charge is -2.15. The number of nitrogen functional groups attached to an aromatic ring is 1. The molecule has 53 heavy (non-hydrogen) atoms. The van der Waals surface area contributed by atoms with Gasteiger partial charge in [-0.2, -0.15) is 9.97 Å². The van der Waals surface area contributed by atoms with Gasteiger partial charge in [0.1, 0.15) is 23.0 Å². The number of aromatic nitrogens is 3. The third kappa shape index (κ3) is 15.5. The van der Waals surface area contributed by atoms with Gasteiger partial charge in [-0.1, -0.05) is 104 Å². The van der Waals surface area contributed by atoms with Crippen LogP contribution in [0.2, 0.25) is 0 Å². The Bertz CT molecular complexity index is 1440. The predicted molar refractivity (Wildman–Crippen MR) is 206 cm³/mol. The van der Waals surface area contributed by atoms with Crippen LogP contribution in [0.25, 0.3) is 22.8 Å². The first-order valence-corrected chi connectivity index (χ1v) is 19.5. The molecule has 0 fully saturated rings. The maximum absolute atomic E-state index is 12.5. The van der Waals surface area contributed by atoms with Gasteiger partial charge in [0.25, 0.3) is 0 Å². The minimum absolute atomic E-state index is 0.0574. The average Bonchev–Trinajstić information content (AvgIpc) is 3.13. The number of aromatic hydroxyl groups is 2. The molecule has 2 atom stereocenters. The summed E-state index contributed by atoms with van der Waals surface area (Å²) in [5, 5.41) is 21.7. The van der Waals surface area contributed by atoms with Crippen LogP contribution < -0.4 is 15.2 Å². The van der Waals surface area contributed by atoms with E-state index in [2.05, 4.69) is 28.8 Å². The summed E-state index contributed by atoms with van der Waals surface area (Å²) >= 11 is 0. The Balaban J connectivity index is 1.51. The van der Waals surface area contributed by atoms with Crippen molar-refractivity contribution in [1.82, 2.24) is 15.0 Å². The zero-order valence-corrected chi connectivity index (χ0v) is 32.1. The molecule has 2 aromatic carbocycles. The minimum atomic E-state index is -0.878. The van der Waals surface area contributed by atoms with Gasteiger partial charge in [0.05, 0.1) is 24.3 Å². The van der Waals surface area contributed by atoms with Crippen molar-refractivity contribution in [2.24, 2.45) is 0 Å². The van der Waals surface area contributed by atoms with Crippen LogP contribution in [0.3, 0.4) is 0 Å². The van der Waals surface area contributed by atoms with Gasteiger partial charge in [-0.05, 0) is 51.0 Å². The number of anilines is 1. The molecule has 0 saturated carbocycles. The summed E-state index contributed by atoms with van der Waals surface area (Å²) in [5.41, 5.74) is 6.46. The Kier molecular flexibility index (Phi) is 19.3. The van der Waals surface area contributed by atoms with Crippen molar-refractivity contribution in [3.63, 3.8) is 0 Å². The van der Waals surface area contributed by atoms with Gasteiger partial charge in [0.15, 0.2) is 23.9 Å². The number of nitrogens with zero attached hydrogens (tertiary/aromatic N) is 3. The van der Waals surface area contributed by atoms with Crippen molar-refractivity contribution >= 4 is 17.9 Å². The largest absolute Gasteiger partial charge is 0.507 e. The Labute approximate surface area is 314 Å². The molecule has 0 amide bonds. The fourth-order valence-corrected chi connectivity index (χ4v) is 5.74. The lowest BCUT2D eigenvalue weighted by molar-refractivity contribution is -0.152. The summed E-state index contributed by atoms with van der Waals surface area (Å²) < 4.78 is 22.2. The first-order valence-electron chi connectivity index (χ1n) is 19.5. The number of nitrogens with two attached hydrogens (primary N) is 1. The first-order chi connectivity index (χ1) is 25.6. The summed E-state index contributed by atoms with van der Waals surface area (Å²) in [5.74, 6) is -0.898. The number of phenolic OH excluding ortho intramolecular Hbond substituents is 2.